The molecule has 6 heteroatoms. The topological polar surface area (TPSA) is 0 Å². The number of rotatable bonds is 6. The Balaban J connectivity index is 1.83. The number of benzene rings is 5. The van der Waals surface area contributed by atoms with Crippen molar-refractivity contribution in [3.05, 3.63) is 145 Å². The SMILES string of the molecule is Fc1ccccc1P(c1ccccc1F)c1ccccc1P(c1ccccc1F)c1ccccc1F. The molecular formula is C30H20F4P2. The largest absolute Gasteiger partial charge is 0.206 e. The molecule has 0 atom stereocenters. The highest BCUT2D eigenvalue weighted by atomic mass is 31.1. The number of hydrogen-bond donors (Lipinski definition) is 0. The van der Waals surface area contributed by atoms with Gasteiger partial charge in [0.25, 0.3) is 0 Å². The van der Waals surface area contributed by atoms with Crippen LogP contribution in [0.4, 0.5) is 17.6 Å². The van der Waals surface area contributed by atoms with Gasteiger partial charge in [-0.15, -0.1) is 0 Å². The first-order chi connectivity index (χ1) is 17.6. The zero-order valence-corrected chi connectivity index (χ0v) is 20.7. The van der Waals surface area contributed by atoms with Gasteiger partial charge < -0.3 is 0 Å². The molecule has 0 bridgehead atoms. The molecule has 0 saturated heterocycles. The smallest absolute Gasteiger partial charge is 0.131 e. The Bertz CT molecular complexity index is 1310. The molecule has 178 valence electrons. The van der Waals surface area contributed by atoms with Crippen LogP contribution >= 0.6 is 15.8 Å². The van der Waals surface area contributed by atoms with Gasteiger partial charge in [-0.1, -0.05) is 97.1 Å². The van der Waals surface area contributed by atoms with Gasteiger partial charge in [-0.25, -0.2) is 17.6 Å². The molecule has 5 aromatic carbocycles. The van der Waals surface area contributed by atoms with Gasteiger partial charge in [0, 0.05) is 21.2 Å². The molecule has 0 N–H and O–H groups in total. The monoisotopic (exact) mass is 518 g/mol. The highest BCUT2D eigenvalue weighted by molar-refractivity contribution is 7.85. The average Bonchev–Trinajstić information content (AvgIpc) is 2.89. The van der Waals surface area contributed by atoms with Crippen molar-refractivity contribution in [2.45, 2.75) is 0 Å². The Morgan fingerprint density at radius 3 is 0.694 bits per heavy atom. The van der Waals surface area contributed by atoms with Crippen LogP contribution in [-0.4, -0.2) is 0 Å². The molecule has 0 amide bonds. The standard InChI is InChI=1S/C30H20F4P2/c31-21-11-1-5-15-25(21)35(26-16-6-2-12-22(26)32)29-19-9-10-20-30(29)36(27-17-7-3-13-23(27)33)28-18-8-4-14-24(28)34/h1-20H. The number of halogens is 4. The van der Waals surface area contributed by atoms with Gasteiger partial charge in [0.1, 0.15) is 23.3 Å². The molecule has 5 aromatic rings. The Morgan fingerprint density at radius 2 is 0.472 bits per heavy atom. The Kier molecular flexibility index (Phi) is 7.28. The van der Waals surface area contributed by atoms with Gasteiger partial charge in [0.15, 0.2) is 0 Å². The van der Waals surface area contributed by atoms with E-state index < -0.39 is 39.1 Å². The van der Waals surface area contributed by atoms with Crippen LogP contribution < -0.4 is 31.8 Å². The lowest BCUT2D eigenvalue weighted by atomic mass is 10.3. The molecule has 0 spiro atoms. The lowest BCUT2D eigenvalue weighted by Gasteiger charge is -2.28. The minimum atomic E-state index is -1.72. The molecule has 0 aliphatic carbocycles. The van der Waals surface area contributed by atoms with Crippen LogP contribution in [0.3, 0.4) is 0 Å². The van der Waals surface area contributed by atoms with Gasteiger partial charge in [0.2, 0.25) is 0 Å². The van der Waals surface area contributed by atoms with Gasteiger partial charge in [-0.2, -0.15) is 0 Å². The van der Waals surface area contributed by atoms with Crippen LogP contribution in [0.5, 0.6) is 0 Å². The predicted molar refractivity (Wildman–Crippen MR) is 144 cm³/mol. The molecule has 0 aliphatic heterocycles. The van der Waals surface area contributed by atoms with Crippen LogP contribution in [0.25, 0.3) is 0 Å². The Hall–Kier alpha value is -3.32. The summed E-state index contributed by atoms with van der Waals surface area (Å²) < 4.78 is 60.9. The van der Waals surface area contributed by atoms with Crippen molar-refractivity contribution >= 4 is 47.7 Å². The molecule has 0 saturated carbocycles. The van der Waals surface area contributed by atoms with E-state index in [-0.39, 0.29) is 0 Å². The summed E-state index contributed by atoms with van der Waals surface area (Å²) in [6.45, 7) is 0. The first-order valence-electron chi connectivity index (χ1n) is 11.2. The maximum atomic E-state index is 15.2. The van der Waals surface area contributed by atoms with E-state index >= 15 is 17.6 Å². The third-order valence-electron chi connectivity index (χ3n) is 5.74. The molecule has 36 heavy (non-hydrogen) atoms. The van der Waals surface area contributed by atoms with Crippen molar-refractivity contribution in [1.29, 1.82) is 0 Å². The molecule has 5 rings (SSSR count). The van der Waals surface area contributed by atoms with Crippen molar-refractivity contribution in [2.24, 2.45) is 0 Å². The van der Waals surface area contributed by atoms with Gasteiger partial charge >= 0.3 is 0 Å². The summed E-state index contributed by atoms with van der Waals surface area (Å²) in [5.41, 5.74) is 0. The third kappa shape index (κ3) is 4.72. The zero-order chi connectivity index (χ0) is 25.1. The summed E-state index contributed by atoms with van der Waals surface area (Å²) in [5.74, 6) is -1.82. The maximum absolute atomic E-state index is 15.2. The van der Waals surface area contributed by atoms with Crippen LogP contribution in [0, 0.1) is 23.3 Å². The first-order valence-corrected chi connectivity index (χ1v) is 13.9. The van der Waals surface area contributed by atoms with Crippen LogP contribution in [0.2, 0.25) is 0 Å². The second-order valence-electron chi connectivity index (χ2n) is 7.97. The van der Waals surface area contributed by atoms with Crippen molar-refractivity contribution in [1.82, 2.24) is 0 Å². The van der Waals surface area contributed by atoms with E-state index in [4.69, 9.17) is 0 Å². The maximum Gasteiger partial charge on any atom is 0.131 e. The molecule has 0 heterocycles. The van der Waals surface area contributed by atoms with Crippen molar-refractivity contribution < 1.29 is 17.6 Å². The summed E-state index contributed by atoms with van der Waals surface area (Å²) in [7, 11) is -3.44. The predicted octanol–water partition coefficient (Wildman–Crippen LogP) is 5.76. The first kappa shape index (κ1) is 24.4. The quantitative estimate of drug-likeness (QED) is 0.198. The average molecular weight is 518 g/mol. The van der Waals surface area contributed by atoms with Crippen molar-refractivity contribution in [3.8, 4) is 0 Å². The normalized spacial score (nSPS) is 11.3. The van der Waals surface area contributed by atoms with E-state index in [1.165, 1.54) is 24.3 Å². The molecule has 0 nitrogen and oxygen atoms in total. The summed E-state index contributed by atoms with van der Waals surface area (Å²) in [4.78, 5) is 0. The zero-order valence-electron chi connectivity index (χ0n) is 19.0. The fraction of sp³-hybridized carbons (Fsp3) is 0. The fourth-order valence-electron chi connectivity index (χ4n) is 4.15. The summed E-state index contributed by atoms with van der Waals surface area (Å²) in [6.07, 6.45) is 0. The van der Waals surface area contributed by atoms with E-state index in [0.717, 1.165) is 0 Å². The lowest BCUT2D eigenvalue weighted by Crippen LogP contribution is -2.37. The fourth-order valence-corrected chi connectivity index (χ4v) is 9.48. The molecule has 0 radical (unpaired) electrons. The molecular weight excluding hydrogens is 498 g/mol. The highest BCUT2D eigenvalue weighted by Crippen LogP contribution is 2.40. The second-order valence-corrected chi connectivity index (χ2v) is 12.2. The van der Waals surface area contributed by atoms with Gasteiger partial charge in [-0.3, -0.25) is 0 Å². The van der Waals surface area contributed by atoms with E-state index in [0.29, 0.717) is 31.8 Å². The third-order valence-corrected chi connectivity index (χ3v) is 11.0. The minimum absolute atomic E-state index is 0.349. The van der Waals surface area contributed by atoms with Gasteiger partial charge in [-0.05, 0) is 50.7 Å². The molecule has 0 aliphatic rings. The summed E-state index contributed by atoms with van der Waals surface area (Å²) >= 11 is 0. The lowest BCUT2D eigenvalue weighted by molar-refractivity contribution is 0.633. The second kappa shape index (κ2) is 10.7. The molecule has 0 fully saturated rings. The highest BCUT2D eigenvalue weighted by Gasteiger charge is 2.30. The molecule has 0 aromatic heterocycles. The van der Waals surface area contributed by atoms with E-state index in [2.05, 4.69) is 0 Å². The number of hydrogen-bond acceptors (Lipinski definition) is 0. The van der Waals surface area contributed by atoms with Crippen LogP contribution in [0.15, 0.2) is 121 Å². The van der Waals surface area contributed by atoms with Crippen molar-refractivity contribution in [2.75, 3.05) is 0 Å². The van der Waals surface area contributed by atoms with E-state index in [1.807, 2.05) is 12.1 Å². The van der Waals surface area contributed by atoms with Crippen molar-refractivity contribution in [3.63, 3.8) is 0 Å². The minimum Gasteiger partial charge on any atom is -0.206 e. The Labute approximate surface area is 209 Å². The van der Waals surface area contributed by atoms with E-state index in [1.54, 1.807) is 84.9 Å². The van der Waals surface area contributed by atoms with Crippen LogP contribution in [0.1, 0.15) is 0 Å². The summed E-state index contributed by atoms with van der Waals surface area (Å²) in [6, 6.07) is 32.5. The molecule has 0 unspecified atom stereocenters. The van der Waals surface area contributed by atoms with E-state index in [9.17, 15) is 0 Å². The summed E-state index contributed by atoms with van der Waals surface area (Å²) in [5, 5.41) is 2.70. The van der Waals surface area contributed by atoms with Crippen LogP contribution in [-0.2, 0) is 0 Å². The van der Waals surface area contributed by atoms with Gasteiger partial charge in [0.05, 0.1) is 0 Å². The Morgan fingerprint density at radius 1 is 0.278 bits per heavy atom.